The monoisotopic (exact) mass is 327 g/mol. The fourth-order valence-corrected chi connectivity index (χ4v) is 3.41. The lowest BCUT2D eigenvalue weighted by atomic mass is 10.2. The molecule has 0 aliphatic carbocycles. The summed E-state index contributed by atoms with van der Waals surface area (Å²) in [5.41, 5.74) is 0. The van der Waals surface area contributed by atoms with Crippen molar-refractivity contribution in [2.45, 2.75) is 31.8 Å². The maximum Gasteiger partial charge on any atom is 0.333 e. The Morgan fingerprint density at radius 1 is 1.47 bits per heavy atom. The quantitative estimate of drug-likeness (QED) is 0.826. The van der Waals surface area contributed by atoms with Crippen LogP contribution in [0, 0.1) is 0 Å². The van der Waals surface area contributed by atoms with Crippen molar-refractivity contribution in [3.05, 3.63) is 21.3 Å². The fourth-order valence-electron chi connectivity index (χ4n) is 1.89. The van der Waals surface area contributed by atoms with E-state index in [2.05, 4.69) is 0 Å². The molecule has 0 bridgehead atoms. The zero-order valence-corrected chi connectivity index (χ0v) is 12.7. The van der Waals surface area contributed by atoms with Gasteiger partial charge < -0.3 is 9.47 Å². The Balaban J connectivity index is 2.15. The molecule has 1 aromatic rings. The minimum Gasteiger partial charge on any atom is -0.343 e. The third-order valence-electron chi connectivity index (χ3n) is 2.52. The molecule has 2 N–H and O–H groups in total. The van der Waals surface area contributed by atoms with Crippen molar-refractivity contribution in [3.8, 4) is 0 Å². The molecule has 6 nitrogen and oxygen atoms in total. The molecule has 1 aliphatic heterocycles. The lowest BCUT2D eigenvalue weighted by Crippen LogP contribution is -2.34. The maximum atomic E-state index is 10.7. The van der Waals surface area contributed by atoms with Crippen molar-refractivity contribution in [1.29, 1.82) is 0 Å². The van der Waals surface area contributed by atoms with E-state index in [0.29, 0.717) is 4.34 Å². The molecule has 9 heteroatoms. The van der Waals surface area contributed by atoms with Gasteiger partial charge in [-0.25, -0.2) is 0 Å². The highest BCUT2D eigenvalue weighted by molar-refractivity contribution is 7.83. The van der Waals surface area contributed by atoms with Crippen LogP contribution in [0.4, 0.5) is 0 Å². The van der Waals surface area contributed by atoms with Gasteiger partial charge in [-0.1, -0.05) is 11.6 Å². The van der Waals surface area contributed by atoms with Gasteiger partial charge in [-0.3, -0.25) is 4.55 Å². The van der Waals surface area contributed by atoms with Crippen LogP contribution in [0.1, 0.15) is 24.8 Å². The van der Waals surface area contributed by atoms with Gasteiger partial charge in [0.2, 0.25) is 0 Å². The molecule has 108 valence electrons. The molecule has 2 rings (SSSR count). The van der Waals surface area contributed by atoms with Crippen molar-refractivity contribution in [3.63, 3.8) is 0 Å². The summed E-state index contributed by atoms with van der Waals surface area (Å²) in [6.45, 7) is 3.40. The second-order valence-electron chi connectivity index (χ2n) is 4.56. The molecular formula is C10H14ClNO5S2. The number of hydrogen-bond acceptors (Lipinski definition) is 5. The summed E-state index contributed by atoms with van der Waals surface area (Å²) in [5, 5.41) is 0. The molecule has 2 heterocycles. The maximum absolute atomic E-state index is 10.7. The van der Waals surface area contributed by atoms with Gasteiger partial charge in [0, 0.05) is 11.4 Å². The van der Waals surface area contributed by atoms with E-state index in [9.17, 15) is 8.42 Å². The van der Waals surface area contributed by atoms with Gasteiger partial charge in [0.25, 0.3) is 0 Å². The number of halogens is 1. The van der Waals surface area contributed by atoms with Crippen LogP contribution in [0.25, 0.3) is 0 Å². The smallest absolute Gasteiger partial charge is 0.333 e. The lowest BCUT2D eigenvalue weighted by molar-refractivity contribution is -0.146. The summed E-state index contributed by atoms with van der Waals surface area (Å²) < 4.78 is 44.1. The van der Waals surface area contributed by atoms with Crippen LogP contribution in [0.5, 0.6) is 0 Å². The molecule has 19 heavy (non-hydrogen) atoms. The molecule has 2 unspecified atom stereocenters. The number of nitrogens with one attached hydrogen (secondary N) is 1. The fraction of sp³-hybridized carbons (Fsp3) is 0.600. The predicted octanol–water partition coefficient (Wildman–Crippen LogP) is 1.99. The molecule has 0 spiro atoms. The van der Waals surface area contributed by atoms with Crippen LogP contribution in [0.3, 0.4) is 0 Å². The molecule has 1 saturated heterocycles. The Morgan fingerprint density at radius 3 is 2.68 bits per heavy atom. The van der Waals surface area contributed by atoms with Crippen LogP contribution in [0.15, 0.2) is 12.1 Å². The van der Waals surface area contributed by atoms with E-state index < -0.39 is 28.3 Å². The summed E-state index contributed by atoms with van der Waals surface area (Å²) in [6, 6.07) is 3.55. The summed E-state index contributed by atoms with van der Waals surface area (Å²) in [7, 11) is -4.26. The van der Waals surface area contributed by atoms with Gasteiger partial charge in [0.1, 0.15) is 12.2 Å². The van der Waals surface area contributed by atoms with E-state index in [1.54, 1.807) is 19.9 Å². The van der Waals surface area contributed by atoms with Crippen molar-refractivity contribution >= 4 is 33.2 Å². The van der Waals surface area contributed by atoms with E-state index in [4.69, 9.17) is 25.6 Å². The van der Waals surface area contributed by atoms with Gasteiger partial charge in [-0.2, -0.15) is 13.1 Å². The van der Waals surface area contributed by atoms with Crippen LogP contribution in [-0.2, 0) is 19.8 Å². The molecular weight excluding hydrogens is 314 g/mol. The van der Waals surface area contributed by atoms with Crippen LogP contribution in [0.2, 0.25) is 4.34 Å². The summed E-state index contributed by atoms with van der Waals surface area (Å²) >= 11 is 7.22. The van der Waals surface area contributed by atoms with Crippen molar-refractivity contribution in [2.24, 2.45) is 0 Å². The van der Waals surface area contributed by atoms with E-state index in [1.165, 1.54) is 11.3 Å². The average Bonchev–Trinajstić information content (AvgIpc) is 2.78. The first kappa shape index (κ1) is 15.2. The van der Waals surface area contributed by atoms with Crippen molar-refractivity contribution in [2.75, 3.05) is 6.54 Å². The highest BCUT2D eigenvalue weighted by Crippen LogP contribution is 2.41. The highest BCUT2D eigenvalue weighted by atomic mass is 35.5. The first-order valence-corrected chi connectivity index (χ1v) is 8.13. The minimum absolute atomic E-state index is 0.0809. The van der Waals surface area contributed by atoms with Crippen LogP contribution < -0.4 is 4.72 Å². The number of thiophene rings is 1. The topological polar surface area (TPSA) is 84.9 Å². The molecule has 0 saturated carbocycles. The standard InChI is InChI=1S/C10H14ClNO5S2/c1-10(2)16-6(5-12-19(13,14)15)9(17-10)7-3-4-8(11)18-7/h3-4,6,9,12H,5H2,1-2H3,(H,13,14,15). The molecule has 1 fully saturated rings. The molecule has 0 aromatic carbocycles. The predicted molar refractivity (Wildman–Crippen MR) is 71.7 cm³/mol. The van der Waals surface area contributed by atoms with Gasteiger partial charge in [-0.05, 0) is 26.0 Å². The number of rotatable bonds is 4. The van der Waals surface area contributed by atoms with Crippen molar-refractivity contribution < 1.29 is 22.4 Å². The van der Waals surface area contributed by atoms with Crippen LogP contribution in [-0.4, -0.2) is 31.4 Å². The van der Waals surface area contributed by atoms with Gasteiger partial charge in [-0.15, -0.1) is 11.3 Å². The second kappa shape index (κ2) is 5.28. The van der Waals surface area contributed by atoms with E-state index >= 15 is 0 Å². The Morgan fingerprint density at radius 2 is 2.16 bits per heavy atom. The van der Waals surface area contributed by atoms with Crippen LogP contribution >= 0.6 is 22.9 Å². The summed E-state index contributed by atoms with van der Waals surface area (Å²) in [5.74, 6) is -0.827. The Bertz CT molecular complexity index is 556. The van der Waals surface area contributed by atoms with Gasteiger partial charge in [0.15, 0.2) is 5.79 Å². The van der Waals surface area contributed by atoms with Gasteiger partial charge >= 0.3 is 10.3 Å². The second-order valence-corrected chi connectivity index (χ2v) is 7.55. The Hall–Kier alpha value is -0.220. The highest BCUT2D eigenvalue weighted by Gasteiger charge is 2.42. The first-order valence-electron chi connectivity index (χ1n) is 5.49. The lowest BCUT2D eigenvalue weighted by Gasteiger charge is -2.16. The molecule has 0 amide bonds. The normalized spacial score (nSPS) is 26.7. The molecule has 1 aliphatic rings. The zero-order chi connectivity index (χ0) is 14.3. The van der Waals surface area contributed by atoms with E-state index in [0.717, 1.165) is 4.88 Å². The van der Waals surface area contributed by atoms with E-state index in [1.807, 2.05) is 10.8 Å². The largest absolute Gasteiger partial charge is 0.343 e. The third-order valence-corrected chi connectivity index (χ3v) is 4.35. The molecule has 0 radical (unpaired) electrons. The molecule has 1 aromatic heterocycles. The molecule has 2 atom stereocenters. The number of ether oxygens (including phenoxy) is 2. The summed E-state index contributed by atoms with van der Waals surface area (Å²) in [6.07, 6.45) is -0.964. The average molecular weight is 328 g/mol. The third kappa shape index (κ3) is 4.12. The Kier molecular flexibility index (Phi) is 4.22. The minimum atomic E-state index is -4.26. The summed E-state index contributed by atoms with van der Waals surface area (Å²) in [4.78, 5) is 0.845. The van der Waals surface area contributed by atoms with E-state index in [-0.39, 0.29) is 6.54 Å². The zero-order valence-electron chi connectivity index (χ0n) is 10.3. The van der Waals surface area contributed by atoms with Gasteiger partial charge in [0.05, 0.1) is 4.34 Å². The SMILES string of the molecule is CC1(C)OC(CNS(=O)(=O)O)C(c2ccc(Cl)s2)O1. The van der Waals surface area contributed by atoms with Crippen molar-refractivity contribution in [1.82, 2.24) is 4.72 Å². The Labute approximate surface area is 120 Å². The first-order chi connectivity index (χ1) is 8.66. The number of hydrogen-bond donors (Lipinski definition) is 2.